The van der Waals surface area contributed by atoms with Gasteiger partial charge in [-0.15, -0.1) is 0 Å². The van der Waals surface area contributed by atoms with Crippen LogP contribution in [0, 0.1) is 6.92 Å². The minimum absolute atomic E-state index is 0.277. The quantitative estimate of drug-likeness (QED) is 0.410. The second kappa shape index (κ2) is 9.69. The lowest BCUT2D eigenvalue weighted by Gasteiger charge is -2.13. The Balaban J connectivity index is 1.61. The van der Waals surface area contributed by atoms with Crippen molar-refractivity contribution in [2.75, 3.05) is 11.9 Å². The molecule has 0 saturated carbocycles. The molecule has 0 atom stereocenters. The molecule has 0 spiro atoms. The number of nitrogens with zero attached hydrogens (tertiary/aromatic N) is 2. The number of aryl methyl sites for hydroxylation is 1. The van der Waals surface area contributed by atoms with E-state index >= 15 is 0 Å². The number of hydrogen-bond acceptors (Lipinski definition) is 4. The number of anilines is 1. The van der Waals surface area contributed by atoms with Crippen molar-refractivity contribution < 1.29 is 27.5 Å². The summed E-state index contributed by atoms with van der Waals surface area (Å²) in [5.74, 6) is -1.78. The largest absolute Gasteiger partial charge is 0.452 e. The first kappa shape index (κ1) is 23.1. The molecule has 0 aliphatic heterocycles. The minimum atomic E-state index is -4.63. The third-order valence-corrected chi connectivity index (χ3v) is 4.65. The maximum Gasteiger partial charge on any atom is 0.418 e. The summed E-state index contributed by atoms with van der Waals surface area (Å²) in [5.41, 5.74) is 0.353. The van der Waals surface area contributed by atoms with Crippen LogP contribution in [0.25, 0.3) is 11.8 Å². The highest BCUT2D eigenvalue weighted by molar-refractivity contribution is 6.31. The van der Waals surface area contributed by atoms with Crippen molar-refractivity contribution in [3.63, 3.8) is 0 Å². The first-order valence-corrected chi connectivity index (χ1v) is 9.66. The number of benzene rings is 2. The molecule has 6 nitrogen and oxygen atoms in total. The lowest BCUT2D eigenvalue weighted by Crippen LogP contribution is -2.22. The van der Waals surface area contributed by atoms with E-state index in [4.69, 9.17) is 16.3 Å². The van der Waals surface area contributed by atoms with Gasteiger partial charge in [-0.3, -0.25) is 4.79 Å². The summed E-state index contributed by atoms with van der Waals surface area (Å²) >= 11 is 6.36. The fourth-order valence-electron chi connectivity index (χ4n) is 2.80. The first-order chi connectivity index (χ1) is 15.2. The van der Waals surface area contributed by atoms with Gasteiger partial charge in [0, 0.05) is 11.6 Å². The third kappa shape index (κ3) is 5.55. The van der Waals surface area contributed by atoms with E-state index in [0.29, 0.717) is 11.3 Å². The summed E-state index contributed by atoms with van der Waals surface area (Å²) in [7, 11) is 0. The second-order valence-electron chi connectivity index (χ2n) is 6.57. The van der Waals surface area contributed by atoms with Crippen LogP contribution in [0.1, 0.15) is 16.8 Å². The van der Waals surface area contributed by atoms with E-state index in [2.05, 4.69) is 10.4 Å². The lowest BCUT2D eigenvalue weighted by molar-refractivity contribution is -0.142. The molecule has 1 N–H and O–H groups in total. The lowest BCUT2D eigenvalue weighted by atomic mass is 10.1. The van der Waals surface area contributed by atoms with Crippen LogP contribution in [0.5, 0.6) is 0 Å². The Hall–Kier alpha value is -3.59. The molecule has 3 rings (SSSR count). The summed E-state index contributed by atoms with van der Waals surface area (Å²) < 4.78 is 45.3. The summed E-state index contributed by atoms with van der Waals surface area (Å²) in [6, 6.07) is 13.6. The number of esters is 1. The van der Waals surface area contributed by atoms with Crippen LogP contribution in [0.2, 0.25) is 5.15 Å². The van der Waals surface area contributed by atoms with Crippen molar-refractivity contribution in [3.8, 4) is 5.69 Å². The zero-order valence-electron chi connectivity index (χ0n) is 16.7. The molecule has 0 bridgehead atoms. The normalized spacial score (nSPS) is 11.5. The molecule has 0 fully saturated rings. The molecule has 2 aromatic carbocycles. The average molecular weight is 464 g/mol. The maximum absolute atomic E-state index is 13.0. The number of rotatable bonds is 6. The molecular weight excluding hydrogens is 447 g/mol. The number of aromatic nitrogens is 2. The predicted octanol–water partition coefficient (Wildman–Crippen LogP) is 5.05. The zero-order valence-corrected chi connectivity index (χ0v) is 17.4. The van der Waals surface area contributed by atoms with Crippen molar-refractivity contribution >= 4 is 35.2 Å². The Morgan fingerprint density at radius 3 is 2.47 bits per heavy atom. The van der Waals surface area contributed by atoms with Crippen molar-refractivity contribution in [1.82, 2.24) is 9.78 Å². The number of ether oxygens (including phenoxy) is 1. The Morgan fingerprint density at radius 1 is 1.12 bits per heavy atom. The van der Waals surface area contributed by atoms with Crippen molar-refractivity contribution in [2.45, 2.75) is 13.1 Å². The molecule has 10 heteroatoms. The summed E-state index contributed by atoms with van der Waals surface area (Å²) in [6.07, 6.45) is -2.18. The average Bonchev–Trinajstić information content (AvgIpc) is 3.04. The van der Waals surface area contributed by atoms with Crippen molar-refractivity contribution in [1.29, 1.82) is 0 Å². The molecule has 1 aromatic heterocycles. The van der Waals surface area contributed by atoms with Crippen LogP contribution in [-0.2, 0) is 20.5 Å². The molecule has 0 unspecified atom stereocenters. The van der Waals surface area contributed by atoms with Crippen molar-refractivity contribution in [3.05, 3.63) is 82.6 Å². The van der Waals surface area contributed by atoms with Gasteiger partial charge in [0.25, 0.3) is 5.91 Å². The monoisotopic (exact) mass is 463 g/mol. The molecular formula is C22H17ClF3N3O3. The number of nitrogens with one attached hydrogen (secondary N) is 1. The molecule has 0 radical (unpaired) electrons. The molecule has 0 aliphatic carbocycles. The van der Waals surface area contributed by atoms with E-state index < -0.39 is 35.9 Å². The fraction of sp³-hybridized carbons (Fsp3) is 0.136. The SMILES string of the molecule is Cc1nn(-c2ccccc2)c(Cl)c1/C=C/C(=O)OCC(=O)Nc1ccccc1C(F)(F)F. The molecule has 32 heavy (non-hydrogen) atoms. The number of alkyl halides is 3. The topological polar surface area (TPSA) is 73.2 Å². The minimum Gasteiger partial charge on any atom is -0.452 e. The van der Waals surface area contributed by atoms with Gasteiger partial charge >= 0.3 is 12.1 Å². The number of carbonyl (C=O) groups is 2. The van der Waals surface area contributed by atoms with Gasteiger partial charge in [0.15, 0.2) is 6.61 Å². The number of amides is 1. The van der Waals surface area contributed by atoms with Gasteiger partial charge in [-0.1, -0.05) is 41.9 Å². The highest BCUT2D eigenvalue weighted by Crippen LogP contribution is 2.34. The Labute approximate surface area is 186 Å². The first-order valence-electron chi connectivity index (χ1n) is 9.28. The molecule has 0 saturated heterocycles. The highest BCUT2D eigenvalue weighted by atomic mass is 35.5. The van der Waals surface area contributed by atoms with Gasteiger partial charge in [-0.2, -0.15) is 18.3 Å². The van der Waals surface area contributed by atoms with E-state index in [0.717, 1.165) is 23.9 Å². The van der Waals surface area contributed by atoms with Crippen LogP contribution in [0.4, 0.5) is 18.9 Å². The van der Waals surface area contributed by atoms with E-state index in [1.807, 2.05) is 30.3 Å². The van der Waals surface area contributed by atoms with Gasteiger partial charge in [0.2, 0.25) is 0 Å². The van der Waals surface area contributed by atoms with Crippen LogP contribution in [-0.4, -0.2) is 28.3 Å². The number of carbonyl (C=O) groups excluding carboxylic acids is 2. The Bertz CT molecular complexity index is 1160. The smallest absolute Gasteiger partial charge is 0.418 e. The Kier molecular flexibility index (Phi) is 6.99. The van der Waals surface area contributed by atoms with E-state index in [9.17, 15) is 22.8 Å². The standard InChI is InChI=1S/C22H17ClF3N3O3/c1-14-16(21(23)29(28-14)15-7-3-2-4-8-15)11-12-20(31)32-13-19(30)27-18-10-6-5-9-17(18)22(24,25)26/h2-12H,13H2,1H3,(H,27,30)/b12-11+. The highest BCUT2D eigenvalue weighted by Gasteiger charge is 2.33. The van der Waals surface area contributed by atoms with Gasteiger partial charge in [-0.05, 0) is 37.3 Å². The molecule has 1 amide bonds. The summed E-state index contributed by atoms with van der Waals surface area (Å²) in [4.78, 5) is 23.9. The van der Waals surface area contributed by atoms with E-state index in [1.54, 1.807) is 6.92 Å². The van der Waals surface area contributed by atoms with E-state index in [-0.39, 0.29) is 5.15 Å². The van der Waals surface area contributed by atoms with Crippen LogP contribution >= 0.6 is 11.6 Å². The zero-order chi connectivity index (χ0) is 23.3. The maximum atomic E-state index is 13.0. The van der Waals surface area contributed by atoms with Gasteiger partial charge in [0.1, 0.15) is 5.15 Å². The van der Waals surface area contributed by atoms with Crippen LogP contribution in [0.15, 0.2) is 60.7 Å². The number of hydrogen-bond donors (Lipinski definition) is 1. The van der Waals surface area contributed by atoms with Crippen LogP contribution < -0.4 is 5.32 Å². The second-order valence-corrected chi connectivity index (χ2v) is 6.93. The molecule has 0 aliphatic rings. The number of halogens is 4. The predicted molar refractivity (Wildman–Crippen MR) is 113 cm³/mol. The molecule has 3 aromatic rings. The summed E-state index contributed by atoms with van der Waals surface area (Å²) in [6.45, 7) is 0.952. The van der Waals surface area contributed by atoms with Crippen LogP contribution in [0.3, 0.4) is 0 Å². The summed E-state index contributed by atoms with van der Waals surface area (Å²) in [5, 5.41) is 6.70. The Morgan fingerprint density at radius 2 is 1.78 bits per heavy atom. The van der Waals surface area contributed by atoms with Gasteiger partial charge < -0.3 is 10.1 Å². The molecule has 1 heterocycles. The van der Waals surface area contributed by atoms with Gasteiger partial charge in [-0.25, -0.2) is 9.48 Å². The third-order valence-electron chi connectivity index (χ3n) is 4.29. The van der Waals surface area contributed by atoms with E-state index in [1.165, 1.54) is 22.9 Å². The van der Waals surface area contributed by atoms with Gasteiger partial charge in [0.05, 0.1) is 22.6 Å². The fourth-order valence-corrected chi connectivity index (χ4v) is 3.14. The number of para-hydroxylation sites is 2. The van der Waals surface area contributed by atoms with Crippen molar-refractivity contribution in [2.24, 2.45) is 0 Å². The molecule has 166 valence electrons.